The fraction of sp³-hybridized carbons (Fsp3) is 0.467. The molecule has 1 saturated heterocycles. The molecule has 2 bridgehead atoms. The van der Waals surface area contributed by atoms with Gasteiger partial charge in [-0.1, -0.05) is 44.1 Å². The van der Waals surface area contributed by atoms with Crippen LogP contribution >= 0.6 is 0 Å². The number of para-hydroxylation sites is 1. The molecule has 2 heterocycles. The summed E-state index contributed by atoms with van der Waals surface area (Å²) in [7, 11) is 1.61. The molecule has 1 aliphatic heterocycles. The van der Waals surface area contributed by atoms with Crippen LogP contribution in [0.4, 0.5) is 5.69 Å². The molecule has 1 amide bonds. The number of nitrogens with zero attached hydrogens (tertiary/aromatic N) is 5. The fourth-order valence-corrected chi connectivity index (χ4v) is 6.64. The molecule has 1 aromatic heterocycles. The van der Waals surface area contributed by atoms with Gasteiger partial charge in [-0.3, -0.25) is 14.3 Å². The fourth-order valence-electron chi connectivity index (χ4n) is 6.64. The van der Waals surface area contributed by atoms with Gasteiger partial charge in [-0.25, -0.2) is 0 Å². The number of likely N-dealkylation sites (tertiary alicyclic amines) is 1. The molecule has 1 aliphatic carbocycles. The van der Waals surface area contributed by atoms with E-state index in [9.17, 15) is 9.90 Å². The first kappa shape index (κ1) is 26.9. The molecule has 9 nitrogen and oxygen atoms in total. The van der Waals surface area contributed by atoms with Crippen molar-refractivity contribution < 1.29 is 19.5 Å². The summed E-state index contributed by atoms with van der Waals surface area (Å²) in [4.78, 5) is 20.1. The minimum atomic E-state index is -0.596. The van der Waals surface area contributed by atoms with E-state index in [-0.39, 0.29) is 23.6 Å². The molecular weight excluding hydrogens is 494 g/mol. The van der Waals surface area contributed by atoms with Crippen LogP contribution in [0.3, 0.4) is 0 Å². The molecule has 0 radical (unpaired) electrons. The molecule has 1 N–H and O–H groups in total. The molecule has 2 fully saturated rings. The van der Waals surface area contributed by atoms with Gasteiger partial charge in [-0.2, -0.15) is 0 Å². The molecule has 0 spiro atoms. The van der Waals surface area contributed by atoms with Crippen molar-refractivity contribution in [2.24, 2.45) is 26.2 Å². The number of ether oxygens (including phenoxy) is 1. The Morgan fingerprint density at radius 2 is 1.85 bits per heavy atom. The van der Waals surface area contributed by atoms with Crippen LogP contribution in [-0.2, 0) is 16.3 Å². The van der Waals surface area contributed by atoms with E-state index in [2.05, 4.69) is 41.1 Å². The first-order valence-corrected chi connectivity index (χ1v) is 13.4. The van der Waals surface area contributed by atoms with Crippen LogP contribution in [0.15, 0.2) is 63.9 Å². The topological polar surface area (TPSA) is 101 Å². The lowest BCUT2D eigenvalue weighted by Crippen LogP contribution is -2.35. The van der Waals surface area contributed by atoms with Crippen molar-refractivity contribution in [1.82, 2.24) is 9.47 Å². The van der Waals surface area contributed by atoms with E-state index in [1.54, 1.807) is 14.0 Å². The number of amides is 1. The molecule has 206 valence electrons. The average Bonchev–Trinajstić information content (AvgIpc) is 3.30. The summed E-state index contributed by atoms with van der Waals surface area (Å²) in [6, 6.07) is 15.5. The number of hydrogen-bond acceptors (Lipinski definition) is 7. The summed E-state index contributed by atoms with van der Waals surface area (Å²) >= 11 is 0. The van der Waals surface area contributed by atoms with Gasteiger partial charge in [-0.15, -0.1) is 10.2 Å². The summed E-state index contributed by atoms with van der Waals surface area (Å²) in [5, 5.41) is 23.9. The van der Waals surface area contributed by atoms with Crippen LogP contribution in [-0.4, -0.2) is 52.5 Å². The number of aromatic hydroxyl groups is 1. The molecule has 3 aromatic rings. The Labute approximate surface area is 229 Å². The largest absolute Gasteiger partial charge is 0.497 e. The number of rotatable bonds is 8. The predicted molar refractivity (Wildman–Crippen MR) is 151 cm³/mol. The molecule has 2 aliphatic rings. The van der Waals surface area contributed by atoms with Crippen molar-refractivity contribution in [2.45, 2.75) is 59.7 Å². The molecule has 2 atom stereocenters. The molecule has 1 saturated carbocycles. The standard InChI is InChI=1S/C30H37N5O4/c1-20(21-10-12-23(38-5)13-11-21)33-39-16-26(36)31-32-27-24-8-6-7-9-25(24)35(28(27)37)19-34-18-30(4)15-22(34)14-29(2,3)17-30/h6-13,22,37H,14-19H2,1-5H3. The summed E-state index contributed by atoms with van der Waals surface area (Å²) in [6.45, 7) is 10.1. The molecule has 2 aromatic carbocycles. The minimum absolute atomic E-state index is 0.00731. The Bertz CT molecular complexity index is 1430. The number of carbonyl (C=O) groups is 1. The van der Waals surface area contributed by atoms with E-state index >= 15 is 0 Å². The lowest BCUT2D eigenvalue weighted by molar-refractivity contribution is -0.122. The number of methoxy groups -OCH3 is 1. The minimum Gasteiger partial charge on any atom is -0.497 e. The Morgan fingerprint density at radius 1 is 1.10 bits per heavy atom. The highest BCUT2D eigenvalue weighted by Crippen LogP contribution is 2.53. The summed E-state index contributed by atoms with van der Waals surface area (Å²) in [6.07, 6.45) is 3.53. The molecule has 9 heteroatoms. The van der Waals surface area contributed by atoms with Gasteiger partial charge in [0.15, 0.2) is 12.3 Å². The molecular formula is C30H37N5O4. The van der Waals surface area contributed by atoms with Gasteiger partial charge in [0.2, 0.25) is 5.88 Å². The van der Waals surface area contributed by atoms with E-state index in [0.29, 0.717) is 23.8 Å². The van der Waals surface area contributed by atoms with Crippen LogP contribution in [0.2, 0.25) is 0 Å². The second kappa shape index (κ2) is 10.4. The van der Waals surface area contributed by atoms with Gasteiger partial charge >= 0.3 is 5.91 Å². The van der Waals surface area contributed by atoms with Crippen molar-refractivity contribution in [3.05, 3.63) is 54.1 Å². The van der Waals surface area contributed by atoms with Crippen molar-refractivity contribution >= 4 is 28.2 Å². The van der Waals surface area contributed by atoms with Gasteiger partial charge in [0.05, 0.1) is 25.0 Å². The first-order valence-electron chi connectivity index (χ1n) is 13.4. The zero-order valence-corrected chi connectivity index (χ0v) is 23.3. The van der Waals surface area contributed by atoms with E-state index in [0.717, 1.165) is 35.2 Å². The van der Waals surface area contributed by atoms with Gasteiger partial charge in [0.1, 0.15) is 5.75 Å². The van der Waals surface area contributed by atoms with Gasteiger partial charge in [0.25, 0.3) is 0 Å². The van der Waals surface area contributed by atoms with Crippen molar-refractivity contribution in [2.75, 3.05) is 20.3 Å². The predicted octanol–water partition coefficient (Wildman–Crippen LogP) is 6.26. The third-order valence-electron chi connectivity index (χ3n) is 7.92. The number of oxime groups is 1. The summed E-state index contributed by atoms with van der Waals surface area (Å²) in [5.41, 5.74) is 3.21. The Morgan fingerprint density at radius 3 is 2.59 bits per heavy atom. The molecule has 39 heavy (non-hydrogen) atoms. The van der Waals surface area contributed by atoms with Crippen LogP contribution in [0, 0.1) is 10.8 Å². The third kappa shape index (κ3) is 5.68. The number of benzene rings is 2. The third-order valence-corrected chi connectivity index (χ3v) is 7.92. The number of fused-ring (bicyclic) bond motifs is 3. The van der Waals surface area contributed by atoms with E-state index in [4.69, 9.17) is 9.57 Å². The Hall–Kier alpha value is -3.72. The lowest BCUT2D eigenvalue weighted by Gasteiger charge is -2.40. The zero-order chi connectivity index (χ0) is 27.8. The van der Waals surface area contributed by atoms with Crippen LogP contribution < -0.4 is 4.74 Å². The summed E-state index contributed by atoms with van der Waals surface area (Å²) in [5.74, 6) is 0.156. The van der Waals surface area contributed by atoms with Gasteiger partial charge in [-0.05, 0) is 72.9 Å². The molecule has 5 rings (SSSR count). The number of carbonyl (C=O) groups excluding carboxylic acids is 1. The monoisotopic (exact) mass is 531 g/mol. The van der Waals surface area contributed by atoms with Crippen molar-refractivity contribution in [1.29, 1.82) is 0 Å². The lowest BCUT2D eigenvalue weighted by atomic mass is 9.65. The second-order valence-corrected chi connectivity index (χ2v) is 12.0. The second-order valence-electron chi connectivity index (χ2n) is 12.0. The highest BCUT2D eigenvalue weighted by atomic mass is 16.6. The van der Waals surface area contributed by atoms with Crippen molar-refractivity contribution in [3.8, 4) is 11.6 Å². The zero-order valence-electron chi connectivity index (χ0n) is 23.3. The first-order chi connectivity index (χ1) is 18.6. The van der Waals surface area contributed by atoms with E-state index in [1.165, 1.54) is 12.8 Å². The summed E-state index contributed by atoms with van der Waals surface area (Å²) < 4.78 is 7.04. The number of hydrogen-bond donors (Lipinski definition) is 1. The molecule has 2 unspecified atom stereocenters. The van der Waals surface area contributed by atoms with Gasteiger partial charge in [0, 0.05) is 18.0 Å². The quantitative estimate of drug-likeness (QED) is 0.210. The SMILES string of the molecule is COc1ccc(C(C)=NOCC(=O)N=Nc2c(O)n(CN3CC4(C)CC3CC(C)(C)C4)c3ccccc23)cc1. The van der Waals surface area contributed by atoms with Crippen LogP contribution in [0.5, 0.6) is 11.6 Å². The average molecular weight is 532 g/mol. The van der Waals surface area contributed by atoms with Gasteiger partial charge < -0.3 is 14.7 Å². The normalized spacial score (nSPS) is 23.0. The maximum absolute atomic E-state index is 12.4. The smallest absolute Gasteiger partial charge is 0.304 e. The van der Waals surface area contributed by atoms with Crippen LogP contribution in [0.1, 0.15) is 52.5 Å². The van der Waals surface area contributed by atoms with Crippen molar-refractivity contribution in [3.63, 3.8) is 0 Å². The van der Waals surface area contributed by atoms with E-state index < -0.39 is 5.91 Å². The number of aromatic nitrogens is 1. The highest BCUT2D eigenvalue weighted by Gasteiger charge is 2.49. The van der Waals surface area contributed by atoms with Crippen LogP contribution in [0.25, 0.3) is 10.9 Å². The Balaban J connectivity index is 1.29. The maximum atomic E-state index is 12.4. The van der Waals surface area contributed by atoms with E-state index in [1.807, 2.05) is 53.1 Å². The maximum Gasteiger partial charge on any atom is 0.304 e. The highest BCUT2D eigenvalue weighted by molar-refractivity contribution is 5.98. The Kier molecular flexibility index (Phi) is 7.20. The number of azo groups is 1.